The Balaban J connectivity index is 1.22. The Morgan fingerprint density at radius 1 is 0.300 bits per heavy atom. The number of nitrogens with one attached hydrogen (secondary N) is 2. The molecule has 0 saturated heterocycles. The van der Waals surface area contributed by atoms with Crippen molar-refractivity contribution in [1.29, 1.82) is 0 Å². The molecule has 0 spiro atoms. The Kier molecular flexibility index (Phi) is 7.36. The lowest BCUT2D eigenvalue weighted by Crippen LogP contribution is -2.26. The van der Waals surface area contributed by atoms with Crippen molar-refractivity contribution < 1.29 is 0 Å². The summed E-state index contributed by atoms with van der Waals surface area (Å²) >= 11 is 0. The van der Waals surface area contributed by atoms with Gasteiger partial charge in [-0.05, 0) is 112 Å². The normalized spacial score (nSPS) is 14.5. The number of fused-ring (bicyclic) bond motifs is 8. The van der Waals surface area contributed by atoms with Crippen molar-refractivity contribution in [2.24, 2.45) is 0 Å². The molecule has 60 heavy (non-hydrogen) atoms. The summed E-state index contributed by atoms with van der Waals surface area (Å²) in [5, 5.41) is 17.8. The van der Waals surface area contributed by atoms with Gasteiger partial charge in [-0.2, -0.15) is 0 Å². The second-order valence-electron chi connectivity index (χ2n) is 17.8. The van der Waals surface area contributed by atoms with Crippen LogP contribution in [0.3, 0.4) is 0 Å². The van der Waals surface area contributed by atoms with E-state index in [1.54, 1.807) is 0 Å². The van der Waals surface area contributed by atoms with Gasteiger partial charge in [0.1, 0.15) is 0 Å². The molecule has 2 aliphatic heterocycles. The minimum atomic E-state index is -0.170. The Hall–Kier alpha value is -7.16. The van der Waals surface area contributed by atoms with Gasteiger partial charge in [0.2, 0.25) is 0 Å². The van der Waals surface area contributed by atoms with Crippen LogP contribution in [0.25, 0.3) is 76.5 Å². The summed E-state index contributed by atoms with van der Waals surface area (Å²) in [5.74, 6) is 0. The van der Waals surface area contributed by atoms with E-state index in [4.69, 9.17) is 0 Å². The zero-order valence-corrected chi connectivity index (χ0v) is 34.3. The molecular weight excluding hydrogens is 725 g/mol. The summed E-state index contributed by atoms with van der Waals surface area (Å²) in [6.45, 7) is 9.43. The monoisotopic (exact) mass is 768 g/mol. The molecule has 0 saturated carbocycles. The average Bonchev–Trinajstić information content (AvgIpc) is 3.27. The molecule has 286 valence electrons. The summed E-state index contributed by atoms with van der Waals surface area (Å²) in [7, 11) is 0. The summed E-state index contributed by atoms with van der Waals surface area (Å²) in [6.07, 6.45) is 0. The lowest BCUT2D eigenvalue weighted by molar-refractivity contribution is 0.638. The molecule has 0 amide bonds. The van der Waals surface area contributed by atoms with E-state index in [9.17, 15) is 0 Å². The maximum absolute atomic E-state index is 3.94. The summed E-state index contributed by atoms with van der Waals surface area (Å²) in [4.78, 5) is 0. The smallest absolute Gasteiger partial charge is 0.0505 e. The highest BCUT2D eigenvalue weighted by molar-refractivity contribution is 6.26. The molecule has 12 rings (SSSR count). The molecule has 0 radical (unpaired) electrons. The van der Waals surface area contributed by atoms with Gasteiger partial charge in [0.15, 0.2) is 0 Å². The molecule has 2 heteroatoms. The first kappa shape index (κ1) is 34.8. The lowest BCUT2D eigenvalue weighted by atomic mass is 9.73. The van der Waals surface area contributed by atoms with E-state index in [0.717, 1.165) is 0 Å². The quantitative estimate of drug-likeness (QED) is 0.175. The maximum atomic E-state index is 3.94. The fourth-order valence-corrected chi connectivity index (χ4v) is 10.9. The van der Waals surface area contributed by atoms with Crippen LogP contribution in [-0.4, -0.2) is 0 Å². The van der Waals surface area contributed by atoms with Gasteiger partial charge < -0.3 is 10.6 Å². The molecule has 2 heterocycles. The minimum Gasteiger partial charge on any atom is -0.355 e. The minimum absolute atomic E-state index is 0.170. The second-order valence-corrected chi connectivity index (χ2v) is 17.8. The Bertz CT molecular complexity index is 3220. The zero-order valence-electron chi connectivity index (χ0n) is 34.3. The SMILES string of the molecule is CC1(C)c2ccccc2Nc2c(-c3cccc4c(-c5c6ccccc6cc6ccccc56)c5cccc(-c6cccc7c6Nc6ccccc6C7(C)C)c5cc34)cccc21. The number of rotatable bonds is 3. The van der Waals surface area contributed by atoms with Gasteiger partial charge in [-0.1, -0.05) is 185 Å². The van der Waals surface area contributed by atoms with Gasteiger partial charge in [0, 0.05) is 33.3 Å². The molecule has 0 unspecified atom stereocenters. The average molecular weight is 769 g/mol. The molecule has 0 aromatic heterocycles. The molecule has 2 nitrogen and oxygen atoms in total. The van der Waals surface area contributed by atoms with Crippen LogP contribution in [-0.2, 0) is 10.8 Å². The topological polar surface area (TPSA) is 24.1 Å². The first-order valence-corrected chi connectivity index (χ1v) is 21.2. The predicted octanol–water partition coefficient (Wildman–Crippen LogP) is 16.1. The summed E-state index contributed by atoms with van der Waals surface area (Å²) in [6, 6.07) is 67.9. The molecular formula is C58H44N2. The van der Waals surface area contributed by atoms with E-state index in [0.29, 0.717) is 0 Å². The van der Waals surface area contributed by atoms with Crippen LogP contribution < -0.4 is 10.6 Å². The Morgan fingerprint density at radius 2 is 0.667 bits per heavy atom. The Morgan fingerprint density at radius 3 is 1.17 bits per heavy atom. The van der Waals surface area contributed by atoms with E-state index < -0.39 is 0 Å². The molecule has 10 aromatic carbocycles. The summed E-state index contributed by atoms with van der Waals surface area (Å²) < 4.78 is 0. The molecule has 2 N–H and O–H groups in total. The third-order valence-electron chi connectivity index (χ3n) is 13.8. The van der Waals surface area contributed by atoms with Crippen LogP contribution in [0, 0.1) is 0 Å². The van der Waals surface area contributed by atoms with Crippen molar-refractivity contribution in [2.45, 2.75) is 38.5 Å². The van der Waals surface area contributed by atoms with Crippen LogP contribution in [0.4, 0.5) is 22.7 Å². The fourth-order valence-electron chi connectivity index (χ4n) is 10.9. The van der Waals surface area contributed by atoms with Crippen LogP contribution in [0.2, 0.25) is 0 Å². The third kappa shape index (κ3) is 4.88. The number of benzene rings is 10. The van der Waals surface area contributed by atoms with Crippen LogP contribution in [0.15, 0.2) is 182 Å². The first-order chi connectivity index (χ1) is 29.3. The highest BCUT2D eigenvalue weighted by atomic mass is 14.9. The number of anilines is 4. The molecule has 0 bridgehead atoms. The lowest BCUT2D eigenvalue weighted by Gasteiger charge is -2.37. The van der Waals surface area contributed by atoms with Gasteiger partial charge in [0.25, 0.3) is 0 Å². The van der Waals surface area contributed by atoms with Crippen LogP contribution >= 0.6 is 0 Å². The zero-order chi connectivity index (χ0) is 40.3. The van der Waals surface area contributed by atoms with Crippen molar-refractivity contribution >= 4 is 65.8 Å². The van der Waals surface area contributed by atoms with Gasteiger partial charge in [-0.15, -0.1) is 0 Å². The van der Waals surface area contributed by atoms with E-state index in [1.165, 1.54) is 121 Å². The van der Waals surface area contributed by atoms with Crippen molar-refractivity contribution in [3.63, 3.8) is 0 Å². The van der Waals surface area contributed by atoms with E-state index in [-0.39, 0.29) is 10.8 Å². The van der Waals surface area contributed by atoms with Crippen molar-refractivity contribution in [2.75, 3.05) is 10.6 Å². The number of hydrogen-bond acceptors (Lipinski definition) is 2. The number of para-hydroxylation sites is 4. The van der Waals surface area contributed by atoms with Gasteiger partial charge in [-0.25, -0.2) is 0 Å². The molecule has 2 aliphatic rings. The van der Waals surface area contributed by atoms with E-state index in [2.05, 4.69) is 220 Å². The van der Waals surface area contributed by atoms with Crippen molar-refractivity contribution in [3.8, 4) is 33.4 Å². The van der Waals surface area contributed by atoms with Crippen LogP contribution in [0.5, 0.6) is 0 Å². The second kappa shape index (κ2) is 12.7. The van der Waals surface area contributed by atoms with E-state index in [1.807, 2.05) is 0 Å². The van der Waals surface area contributed by atoms with E-state index >= 15 is 0 Å². The fraction of sp³-hybridized carbons (Fsp3) is 0.103. The Labute approximate surface area is 351 Å². The van der Waals surface area contributed by atoms with Gasteiger partial charge >= 0.3 is 0 Å². The highest BCUT2D eigenvalue weighted by Crippen LogP contribution is 2.54. The molecule has 10 aromatic rings. The largest absolute Gasteiger partial charge is 0.355 e. The maximum Gasteiger partial charge on any atom is 0.0505 e. The molecule has 0 fully saturated rings. The highest BCUT2D eigenvalue weighted by Gasteiger charge is 2.35. The van der Waals surface area contributed by atoms with Gasteiger partial charge in [-0.3, -0.25) is 0 Å². The molecule has 0 atom stereocenters. The van der Waals surface area contributed by atoms with Gasteiger partial charge in [0.05, 0.1) is 11.4 Å². The van der Waals surface area contributed by atoms with Crippen LogP contribution in [0.1, 0.15) is 49.9 Å². The van der Waals surface area contributed by atoms with Crippen molar-refractivity contribution in [3.05, 3.63) is 204 Å². The summed E-state index contributed by atoms with van der Waals surface area (Å²) in [5.41, 5.74) is 17.0. The molecule has 0 aliphatic carbocycles. The van der Waals surface area contributed by atoms with Crippen molar-refractivity contribution in [1.82, 2.24) is 0 Å². The number of hydrogen-bond donors (Lipinski definition) is 2. The standard InChI is InChI=1S/C58H44N2/c1-57(2)47-27-9-11-31-51(47)59-55-43(25-15-29-49(55)57)39-21-13-23-41-45(39)34-46-40(44-26-16-30-50-56(44)60-52-32-12-10-28-48(52)58(50,3)4)22-14-24-42(46)54(41)53-37-19-7-5-17-35(37)33-36-18-6-8-20-38(36)53/h5-34,59-60H,1-4H3. The predicted molar refractivity (Wildman–Crippen MR) is 256 cm³/mol. The third-order valence-corrected chi connectivity index (χ3v) is 13.8. The first-order valence-electron chi connectivity index (χ1n) is 21.2.